The molecule has 0 spiro atoms. The molecule has 1 aromatic carbocycles. The average molecular weight is 243 g/mol. The summed E-state index contributed by atoms with van der Waals surface area (Å²) in [5, 5.41) is 0. The van der Waals surface area contributed by atoms with Crippen LogP contribution in [0.2, 0.25) is 0 Å². The van der Waals surface area contributed by atoms with Crippen LogP contribution in [0.5, 0.6) is 11.6 Å². The molecule has 92 valence electrons. The highest BCUT2D eigenvalue weighted by atomic mass is 16.5. The molecule has 0 amide bonds. The number of nitrogens with zero attached hydrogens (tertiary/aromatic N) is 1. The first-order valence-corrected chi connectivity index (χ1v) is 5.41. The fourth-order valence-electron chi connectivity index (χ4n) is 1.53. The van der Waals surface area contributed by atoms with Crippen LogP contribution in [-0.2, 0) is 6.42 Å². The van der Waals surface area contributed by atoms with E-state index in [1.807, 2.05) is 6.07 Å². The standard InChI is InChI=1S/C13H13N3O2/c1-2-3-9-6-10(14)4-5-11(9)18-13-7-12(17)15-8-16-13/h2,4-8H,1,3,14H2,(H,15,16,17). The Morgan fingerprint density at radius 2 is 2.28 bits per heavy atom. The fourth-order valence-corrected chi connectivity index (χ4v) is 1.53. The van der Waals surface area contributed by atoms with Crippen molar-refractivity contribution in [2.45, 2.75) is 6.42 Å². The summed E-state index contributed by atoms with van der Waals surface area (Å²) in [6.45, 7) is 3.68. The lowest BCUT2D eigenvalue weighted by Crippen LogP contribution is -2.05. The molecule has 0 unspecified atom stereocenters. The van der Waals surface area contributed by atoms with Crippen molar-refractivity contribution in [1.29, 1.82) is 0 Å². The van der Waals surface area contributed by atoms with Gasteiger partial charge in [0.2, 0.25) is 5.88 Å². The van der Waals surface area contributed by atoms with Crippen molar-refractivity contribution in [1.82, 2.24) is 9.97 Å². The average Bonchev–Trinajstić information content (AvgIpc) is 2.33. The van der Waals surface area contributed by atoms with Crippen LogP contribution >= 0.6 is 0 Å². The highest BCUT2D eigenvalue weighted by molar-refractivity contribution is 5.49. The van der Waals surface area contributed by atoms with Gasteiger partial charge < -0.3 is 15.5 Å². The minimum Gasteiger partial charge on any atom is -0.438 e. The van der Waals surface area contributed by atoms with E-state index < -0.39 is 0 Å². The molecule has 0 aliphatic heterocycles. The molecule has 5 nitrogen and oxygen atoms in total. The van der Waals surface area contributed by atoms with Crippen LogP contribution in [0.15, 0.2) is 48.0 Å². The quantitative estimate of drug-likeness (QED) is 0.634. The zero-order valence-electron chi connectivity index (χ0n) is 9.72. The molecule has 0 aliphatic rings. The molecule has 0 atom stereocenters. The summed E-state index contributed by atoms with van der Waals surface area (Å²) in [5.41, 5.74) is 7.00. The van der Waals surface area contributed by atoms with Crippen molar-refractivity contribution in [3.63, 3.8) is 0 Å². The lowest BCUT2D eigenvalue weighted by molar-refractivity contribution is 0.456. The number of ether oxygens (including phenoxy) is 1. The Morgan fingerprint density at radius 3 is 3.00 bits per heavy atom. The molecule has 0 saturated carbocycles. The third kappa shape index (κ3) is 2.76. The maximum atomic E-state index is 11.1. The van der Waals surface area contributed by atoms with E-state index >= 15 is 0 Å². The molecular formula is C13H13N3O2. The van der Waals surface area contributed by atoms with E-state index in [0.29, 0.717) is 17.9 Å². The number of aromatic nitrogens is 2. The van der Waals surface area contributed by atoms with E-state index in [-0.39, 0.29) is 11.4 Å². The molecule has 1 aromatic heterocycles. The van der Waals surface area contributed by atoms with Gasteiger partial charge in [-0.05, 0) is 24.6 Å². The monoisotopic (exact) mass is 243 g/mol. The number of aromatic amines is 1. The van der Waals surface area contributed by atoms with Gasteiger partial charge in [-0.3, -0.25) is 4.79 Å². The molecule has 5 heteroatoms. The number of nitrogens with two attached hydrogens (primary N) is 1. The van der Waals surface area contributed by atoms with Gasteiger partial charge >= 0.3 is 0 Å². The van der Waals surface area contributed by atoms with Crippen LogP contribution in [0.1, 0.15) is 5.56 Å². The van der Waals surface area contributed by atoms with Crippen molar-refractivity contribution in [2.24, 2.45) is 0 Å². The van der Waals surface area contributed by atoms with Gasteiger partial charge in [-0.15, -0.1) is 6.58 Å². The minimum atomic E-state index is -0.263. The van der Waals surface area contributed by atoms with Gasteiger partial charge in [-0.2, -0.15) is 0 Å². The predicted octanol–water partition coefficient (Wildman–Crippen LogP) is 1.87. The van der Waals surface area contributed by atoms with E-state index in [2.05, 4.69) is 16.5 Å². The van der Waals surface area contributed by atoms with Crippen molar-refractivity contribution >= 4 is 5.69 Å². The first-order chi connectivity index (χ1) is 8.69. The maximum Gasteiger partial charge on any atom is 0.254 e. The Morgan fingerprint density at radius 1 is 1.44 bits per heavy atom. The van der Waals surface area contributed by atoms with Gasteiger partial charge in [0.25, 0.3) is 5.56 Å². The fraction of sp³-hybridized carbons (Fsp3) is 0.0769. The topological polar surface area (TPSA) is 81.0 Å². The molecule has 0 radical (unpaired) electrons. The third-order valence-electron chi connectivity index (χ3n) is 2.32. The molecule has 0 aliphatic carbocycles. The molecule has 18 heavy (non-hydrogen) atoms. The number of rotatable bonds is 4. The van der Waals surface area contributed by atoms with Gasteiger partial charge in [0.1, 0.15) is 5.75 Å². The van der Waals surface area contributed by atoms with Crippen LogP contribution in [0.4, 0.5) is 5.69 Å². The van der Waals surface area contributed by atoms with Crippen molar-refractivity contribution in [3.8, 4) is 11.6 Å². The summed E-state index contributed by atoms with van der Waals surface area (Å²) in [7, 11) is 0. The van der Waals surface area contributed by atoms with Gasteiger partial charge in [0.15, 0.2) is 0 Å². The third-order valence-corrected chi connectivity index (χ3v) is 2.32. The Hall–Kier alpha value is -2.56. The first kappa shape index (κ1) is 11.9. The smallest absolute Gasteiger partial charge is 0.254 e. The van der Waals surface area contributed by atoms with Gasteiger partial charge in [0, 0.05) is 11.3 Å². The number of hydrogen-bond acceptors (Lipinski definition) is 4. The predicted molar refractivity (Wildman–Crippen MR) is 69.7 cm³/mol. The number of hydrogen-bond donors (Lipinski definition) is 2. The van der Waals surface area contributed by atoms with Crippen LogP contribution in [0.3, 0.4) is 0 Å². The number of nitrogens with one attached hydrogen (secondary N) is 1. The highest BCUT2D eigenvalue weighted by Gasteiger charge is 2.05. The molecule has 0 fully saturated rings. The minimum absolute atomic E-state index is 0.244. The normalized spacial score (nSPS) is 10.0. The van der Waals surface area contributed by atoms with Crippen LogP contribution in [0, 0.1) is 0 Å². The zero-order valence-corrected chi connectivity index (χ0v) is 9.72. The molecule has 0 bridgehead atoms. The molecule has 0 saturated heterocycles. The Bertz CT molecular complexity index is 620. The highest BCUT2D eigenvalue weighted by Crippen LogP contribution is 2.25. The summed E-state index contributed by atoms with van der Waals surface area (Å²) in [6.07, 6.45) is 3.68. The summed E-state index contributed by atoms with van der Waals surface area (Å²) in [4.78, 5) is 17.5. The Labute approximate surface area is 104 Å². The summed E-state index contributed by atoms with van der Waals surface area (Å²) in [5.74, 6) is 0.857. The van der Waals surface area contributed by atoms with Crippen LogP contribution in [-0.4, -0.2) is 9.97 Å². The van der Waals surface area contributed by atoms with Gasteiger partial charge in [-0.1, -0.05) is 6.08 Å². The van der Waals surface area contributed by atoms with E-state index in [1.54, 1.807) is 18.2 Å². The number of allylic oxidation sites excluding steroid dienone is 1. The lowest BCUT2D eigenvalue weighted by atomic mass is 10.1. The van der Waals surface area contributed by atoms with E-state index in [0.717, 1.165) is 5.56 Å². The van der Waals surface area contributed by atoms with Crippen molar-refractivity contribution in [3.05, 3.63) is 59.2 Å². The zero-order chi connectivity index (χ0) is 13.0. The van der Waals surface area contributed by atoms with Crippen molar-refractivity contribution < 1.29 is 4.74 Å². The second kappa shape index (κ2) is 5.18. The van der Waals surface area contributed by atoms with E-state index in [4.69, 9.17) is 10.5 Å². The molecule has 2 rings (SSSR count). The maximum absolute atomic E-state index is 11.1. The van der Waals surface area contributed by atoms with Gasteiger partial charge in [-0.25, -0.2) is 4.98 Å². The largest absolute Gasteiger partial charge is 0.438 e. The van der Waals surface area contributed by atoms with Crippen LogP contribution in [0.25, 0.3) is 0 Å². The summed E-state index contributed by atoms with van der Waals surface area (Å²) < 4.78 is 5.56. The Kier molecular flexibility index (Phi) is 3.43. The van der Waals surface area contributed by atoms with Crippen LogP contribution < -0.4 is 16.0 Å². The SMILES string of the molecule is C=CCc1cc(N)ccc1Oc1cc(=O)[nH]cn1. The number of nitrogen functional groups attached to an aromatic ring is 1. The number of H-pyrrole nitrogens is 1. The number of benzene rings is 1. The lowest BCUT2D eigenvalue weighted by Gasteiger charge is -2.09. The summed E-state index contributed by atoms with van der Waals surface area (Å²) in [6, 6.07) is 6.57. The molecule has 2 aromatic rings. The van der Waals surface area contributed by atoms with Crippen molar-refractivity contribution in [2.75, 3.05) is 5.73 Å². The molecular weight excluding hydrogens is 230 g/mol. The number of anilines is 1. The van der Waals surface area contributed by atoms with E-state index in [1.165, 1.54) is 12.4 Å². The molecule has 3 N–H and O–H groups in total. The first-order valence-electron chi connectivity index (χ1n) is 5.41. The summed E-state index contributed by atoms with van der Waals surface area (Å²) >= 11 is 0. The molecule has 1 heterocycles. The van der Waals surface area contributed by atoms with E-state index in [9.17, 15) is 4.79 Å². The second-order valence-electron chi connectivity index (χ2n) is 3.71. The Balaban J connectivity index is 2.33. The van der Waals surface area contributed by atoms with Gasteiger partial charge in [0.05, 0.1) is 12.4 Å². The second-order valence-corrected chi connectivity index (χ2v) is 3.71.